The molecule has 6 nitrogen and oxygen atoms in total. The molecule has 0 spiro atoms. The Labute approximate surface area is 162 Å². The van der Waals surface area contributed by atoms with Crippen molar-refractivity contribution in [2.75, 3.05) is 26.2 Å². The molecule has 1 saturated heterocycles. The standard InChI is InChI=1S/C21H31N5O/c1-5-22-21(23-12-17(3)27-20-8-6-16(2)7-9-20)26-11-10-18(15-26)19-13-24-25(4)14-19/h6-9,13-14,17-18H,5,10-12,15H2,1-4H3,(H,22,23). The number of hydrogen-bond donors (Lipinski definition) is 1. The van der Waals surface area contributed by atoms with E-state index in [0.29, 0.717) is 12.5 Å². The first-order chi connectivity index (χ1) is 13.0. The van der Waals surface area contributed by atoms with E-state index in [2.05, 4.69) is 54.4 Å². The Morgan fingerprint density at radius 2 is 2.15 bits per heavy atom. The average molecular weight is 370 g/mol. The molecule has 0 amide bonds. The quantitative estimate of drug-likeness (QED) is 0.628. The van der Waals surface area contributed by atoms with E-state index in [0.717, 1.165) is 37.8 Å². The third kappa shape index (κ3) is 5.25. The third-order valence-electron chi connectivity index (χ3n) is 4.88. The van der Waals surface area contributed by atoms with Gasteiger partial charge in [-0.2, -0.15) is 5.10 Å². The van der Waals surface area contributed by atoms with Crippen molar-refractivity contribution in [3.8, 4) is 5.75 Å². The largest absolute Gasteiger partial charge is 0.489 e. The number of rotatable bonds is 6. The Kier molecular flexibility index (Phi) is 6.37. The molecule has 1 aromatic heterocycles. The number of ether oxygens (including phenoxy) is 1. The zero-order valence-electron chi connectivity index (χ0n) is 16.9. The molecule has 6 heteroatoms. The number of benzene rings is 1. The number of guanidine groups is 1. The van der Waals surface area contributed by atoms with Crippen molar-refractivity contribution in [1.82, 2.24) is 20.0 Å². The lowest BCUT2D eigenvalue weighted by Gasteiger charge is -2.22. The molecular weight excluding hydrogens is 338 g/mol. The summed E-state index contributed by atoms with van der Waals surface area (Å²) in [5.74, 6) is 2.39. The Hall–Kier alpha value is -2.50. The van der Waals surface area contributed by atoms with E-state index in [1.807, 2.05) is 30.1 Å². The zero-order valence-corrected chi connectivity index (χ0v) is 16.9. The van der Waals surface area contributed by atoms with Gasteiger partial charge in [-0.25, -0.2) is 4.99 Å². The predicted octanol–water partition coefficient (Wildman–Crippen LogP) is 2.95. The molecule has 0 radical (unpaired) electrons. The van der Waals surface area contributed by atoms with E-state index in [9.17, 15) is 0 Å². The van der Waals surface area contributed by atoms with Crippen molar-refractivity contribution in [1.29, 1.82) is 0 Å². The topological polar surface area (TPSA) is 54.7 Å². The number of aryl methyl sites for hydroxylation is 2. The van der Waals surface area contributed by atoms with Gasteiger partial charge < -0.3 is 15.0 Å². The molecule has 146 valence electrons. The molecule has 1 aromatic carbocycles. The monoisotopic (exact) mass is 369 g/mol. The molecule has 0 aliphatic carbocycles. The fourth-order valence-electron chi connectivity index (χ4n) is 3.40. The SMILES string of the molecule is CCNC(=NCC(C)Oc1ccc(C)cc1)N1CCC(c2cnn(C)c2)C1. The van der Waals surface area contributed by atoms with Crippen LogP contribution >= 0.6 is 0 Å². The first-order valence-electron chi connectivity index (χ1n) is 9.80. The average Bonchev–Trinajstić information content (AvgIpc) is 3.29. The number of aromatic nitrogens is 2. The molecule has 2 unspecified atom stereocenters. The Morgan fingerprint density at radius 1 is 1.37 bits per heavy atom. The molecule has 1 fully saturated rings. The first-order valence-corrected chi connectivity index (χ1v) is 9.80. The number of nitrogens with zero attached hydrogens (tertiary/aromatic N) is 4. The summed E-state index contributed by atoms with van der Waals surface area (Å²) in [4.78, 5) is 7.18. The highest BCUT2D eigenvalue weighted by Gasteiger charge is 2.27. The van der Waals surface area contributed by atoms with Gasteiger partial charge in [-0.3, -0.25) is 4.68 Å². The van der Waals surface area contributed by atoms with Gasteiger partial charge in [-0.15, -0.1) is 0 Å². The maximum Gasteiger partial charge on any atom is 0.194 e. The highest BCUT2D eigenvalue weighted by Crippen LogP contribution is 2.26. The fourth-order valence-corrected chi connectivity index (χ4v) is 3.40. The van der Waals surface area contributed by atoms with Crippen LogP contribution in [0.2, 0.25) is 0 Å². The van der Waals surface area contributed by atoms with Crippen LogP contribution in [0.15, 0.2) is 41.7 Å². The van der Waals surface area contributed by atoms with Gasteiger partial charge in [0, 0.05) is 38.8 Å². The minimum absolute atomic E-state index is 0.0260. The lowest BCUT2D eigenvalue weighted by Crippen LogP contribution is -2.40. The molecule has 1 aliphatic heterocycles. The van der Waals surface area contributed by atoms with E-state index in [4.69, 9.17) is 9.73 Å². The van der Waals surface area contributed by atoms with Crippen molar-refractivity contribution < 1.29 is 4.74 Å². The molecule has 1 N–H and O–H groups in total. The van der Waals surface area contributed by atoms with Crippen LogP contribution in [0.5, 0.6) is 5.75 Å². The summed E-state index contributed by atoms with van der Waals surface area (Å²) in [7, 11) is 1.97. The van der Waals surface area contributed by atoms with Gasteiger partial charge >= 0.3 is 0 Å². The summed E-state index contributed by atoms with van der Waals surface area (Å²) in [6.07, 6.45) is 5.26. The van der Waals surface area contributed by atoms with Crippen LogP contribution in [-0.2, 0) is 7.05 Å². The van der Waals surface area contributed by atoms with Gasteiger partial charge in [-0.05, 0) is 44.9 Å². The highest BCUT2D eigenvalue weighted by molar-refractivity contribution is 5.80. The summed E-state index contributed by atoms with van der Waals surface area (Å²) in [6, 6.07) is 8.16. The van der Waals surface area contributed by atoms with Crippen LogP contribution in [0.4, 0.5) is 0 Å². The van der Waals surface area contributed by atoms with Gasteiger partial charge in [0.1, 0.15) is 11.9 Å². The molecule has 2 heterocycles. The molecule has 27 heavy (non-hydrogen) atoms. The summed E-state index contributed by atoms with van der Waals surface area (Å²) >= 11 is 0. The Morgan fingerprint density at radius 3 is 2.81 bits per heavy atom. The number of hydrogen-bond acceptors (Lipinski definition) is 3. The molecule has 2 aromatic rings. The number of likely N-dealkylation sites (tertiary alicyclic amines) is 1. The predicted molar refractivity (Wildman–Crippen MR) is 109 cm³/mol. The maximum atomic E-state index is 5.99. The van der Waals surface area contributed by atoms with Crippen molar-refractivity contribution in [2.24, 2.45) is 12.0 Å². The van der Waals surface area contributed by atoms with Crippen molar-refractivity contribution in [2.45, 2.75) is 39.2 Å². The van der Waals surface area contributed by atoms with Crippen LogP contribution in [0.1, 0.15) is 37.3 Å². The highest BCUT2D eigenvalue weighted by atomic mass is 16.5. The number of aliphatic imine (C=N–C) groups is 1. The minimum Gasteiger partial charge on any atom is -0.489 e. The van der Waals surface area contributed by atoms with Gasteiger partial charge in [0.15, 0.2) is 5.96 Å². The maximum absolute atomic E-state index is 5.99. The van der Waals surface area contributed by atoms with Gasteiger partial charge in [0.2, 0.25) is 0 Å². The summed E-state index contributed by atoms with van der Waals surface area (Å²) in [5.41, 5.74) is 2.55. The van der Waals surface area contributed by atoms with Crippen LogP contribution < -0.4 is 10.1 Å². The molecule has 0 bridgehead atoms. The third-order valence-corrected chi connectivity index (χ3v) is 4.88. The smallest absolute Gasteiger partial charge is 0.194 e. The lowest BCUT2D eigenvalue weighted by molar-refractivity contribution is 0.229. The van der Waals surface area contributed by atoms with Crippen LogP contribution in [-0.4, -0.2) is 52.9 Å². The fraction of sp³-hybridized carbons (Fsp3) is 0.524. The van der Waals surface area contributed by atoms with E-state index in [1.165, 1.54) is 11.1 Å². The molecule has 3 rings (SSSR count). The van der Waals surface area contributed by atoms with E-state index >= 15 is 0 Å². The lowest BCUT2D eigenvalue weighted by atomic mass is 10.0. The van der Waals surface area contributed by atoms with Crippen molar-refractivity contribution in [3.63, 3.8) is 0 Å². The second kappa shape index (κ2) is 8.93. The minimum atomic E-state index is 0.0260. The van der Waals surface area contributed by atoms with Gasteiger partial charge in [0.25, 0.3) is 0 Å². The Bertz CT molecular complexity index is 752. The van der Waals surface area contributed by atoms with E-state index in [-0.39, 0.29) is 6.10 Å². The second-order valence-electron chi connectivity index (χ2n) is 7.32. The van der Waals surface area contributed by atoms with Crippen LogP contribution in [0.3, 0.4) is 0 Å². The van der Waals surface area contributed by atoms with Crippen LogP contribution in [0, 0.1) is 6.92 Å². The first kappa shape index (κ1) is 19.3. The van der Waals surface area contributed by atoms with Crippen LogP contribution in [0.25, 0.3) is 0 Å². The van der Waals surface area contributed by atoms with E-state index in [1.54, 1.807) is 0 Å². The molecule has 0 saturated carbocycles. The Balaban J connectivity index is 1.58. The molecule has 2 atom stereocenters. The van der Waals surface area contributed by atoms with Crippen molar-refractivity contribution >= 4 is 5.96 Å². The molecule has 1 aliphatic rings. The zero-order chi connectivity index (χ0) is 19.2. The number of nitrogens with one attached hydrogen (secondary N) is 1. The summed E-state index contributed by atoms with van der Waals surface area (Å²) < 4.78 is 7.87. The van der Waals surface area contributed by atoms with E-state index < -0.39 is 0 Å². The molecular formula is C21H31N5O. The summed E-state index contributed by atoms with van der Waals surface area (Å²) in [6.45, 7) is 9.73. The summed E-state index contributed by atoms with van der Waals surface area (Å²) in [5, 5.41) is 7.74. The van der Waals surface area contributed by atoms with Gasteiger partial charge in [0.05, 0.1) is 12.7 Å². The normalized spacial score (nSPS) is 18.6. The second-order valence-corrected chi connectivity index (χ2v) is 7.32. The van der Waals surface area contributed by atoms with Crippen molar-refractivity contribution in [3.05, 3.63) is 47.8 Å². The van der Waals surface area contributed by atoms with Gasteiger partial charge in [-0.1, -0.05) is 17.7 Å².